The maximum absolute atomic E-state index is 6.52. The molecular formula is C15H20BrClO. The summed E-state index contributed by atoms with van der Waals surface area (Å²) < 4.78 is 6.50. The minimum Gasteiger partial charge on any atom is -0.496 e. The molecule has 0 bridgehead atoms. The van der Waals surface area contributed by atoms with Crippen LogP contribution in [0.2, 0.25) is 0 Å². The van der Waals surface area contributed by atoms with E-state index in [4.69, 9.17) is 16.3 Å². The normalized spacial score (nSPS) is 17.9. The first-order valence-electron chi connectivity index (χ1n) is 6.67. The Morgan fingerprint density at radius 3 is 2.78 bits per heavy atom. The van der Waals surface area contributed by atoms with Crippen molar-refractivity contribution in [3.63, 3.8) is 0 Å². The van der Waals surface area contributed by atoms with Gasteiger partial charge in [-0.25, -0.2) is 0 Å². The highest BCUT2D eigenvalue weighted by atomic mass is 79.9. The van der Waals surface area contributed by atoms with E-state index in [1.165, 1.54) is 31.2 Å². The Labute approximate surface area is 123 Å². The van der Waals surface area contributed by atoms with Gasteiger partial charge in [0.25, 0.3) is 0 Å². The lowest BCUT2D eigenvalue weighted by Crippen LogP contribution is -2.12. The molecular weight excluding hydrogens is 312 g/mol. The van der Waals surface area contributed by atoms with Crippen LogP contribution in [0.3, 0.4) is 0 Å². The molecule has 0 radical (unpaired) electrons. The van der Waals surface area contributed by atoms with Crippen LogP contribution in [-0.4, -0.2) is 12.5 Å². The molecule has 1 aliphatic carbocycles. The molecule has 0 amide bonds. The largest absolute Gasteiger partial charge is 0.496 e. The van der Waals surface area contributed by atoms with Gasteiger partial charge in [0.15, 0.2) is 0 Å². The maximum Gasteiger partial charge on any atom is 0.122 e. The van der Waals surface area contributed by atoms with Crippen LogP contribution in [0.5, 0.6) is 5.75 Å². The first-order chi connectivity index (χ1) is 8.70. The molecule has 1 aliphatic rings. The molecule has 1 aromatic carbocycles. The molecule has 0 N–H and O–H groups in total. The number of methoxy groups -OCH3 is 1. The van der Waals surface area contributed by atoms with Crippen LogP contribution in [0, 0.1) is 5.92 Å². The number of ether oxygens (including phenoxy) is 1. The highest BCUT2D eigenvalue weighted by Gasteiger charge is 2.23. The Balaban J connectivity index is 1.94. The summed E-state index contributed by atoms with van der Waals surface area (Å²) in [5, 5.41) is 0.316. The number of hydrogen-bond donors (Lipinski definition) is 0. The zero-order valence-corrected chi connectivity index (χ0v) is 13.1. The van der Waals surface area contributed by atoms with E-state index in [2.05, 4.69) is 22.0 Å². The van der Waals surface area contributed by atoms with E-state index in [0.717, 1.165) is 29.0 Å². The van der Waals surface area contributed by atoms with Crippen LogP contribution in [-0.2, 0) is 6.42 Å². The number of aryl methyl sites for hydroxylation is 1. The third-order valence-corrected chi connectivity index (χ3v) is 4.91. The van der Waals surface area contributed by atoms with Crippen LogP contribution >= 0.6 is 27.5 Å². The summed E-state index contributed by atoms with van der Waals surface area (Å²) >= 11 is 10.0. The van der Waals surface area contributed by atoms with Crippen LogP contribution in [0.1, 0.15) is 37.7 Å². The van der Waals surface area contributed by atoms with Gasteiger partial charge in [-0.3, -0.25) is 0 Å². The fourth-order valence-corrected chi connectivity index (χ4v) is 3.56. The first-order valence-corrected chi connectivity index (χ1v) is 7.90. The van der Waals surface area contributed by atoms with E-state index in [0.29, 0.717) is 5.38 Å². The Morgan fingerprint density at radius 1 is 1.39 bits per heavy atom. The average molecular weight is 332 g/mol. The van der Waals surface area contributed by atoms with Crippen molar-refractivity contribution in [2.75, 3.05) is 7.11 Å². The van der Waals surface area contributed by atoms with Gasteiger partial charge in [-0.1, -0.05) is 28.8 Å². The fraction of sp³-hybridized carbons (Fsp3) is 0.600. The van der Waals surface area contributed by atoms with E-state index >= 15 is 0 Å². The van der Waals surface area contributed by atoms with Crippen molar-refractivity contribution in [1.82, 2.24) is 0 Å². The molecule has 2 rings (SSSR count). The second kappa shape index (κ2) is 6.81. The number of halogens is 2. The standard InChI is InChI=1S/C15H20BrClO/c1-18-15-9-7-13(16)10-12(15)6-8-14(17)11-4-2-3-5-11/h7,9-11,14H,2-6,8H2,1H3. The number of alkyl halides is 1. The minimum absolute atomic E-state index is 0.316. The van der Waals surface area contributed by atoms with Gasteiger partial charge in [-0.05, 0) is 55.4 Å². The van der Waals surface area contributed by atoms with E-state index in [1.807, 2.05) is 12.1 Å². The molecule has 1 unspecified atom stereocenters. The van der Waals surface area contributed by atoms with Gasteiger partial charge in [0.1, 0.15) is 5.75 Å². The van der Waals surface area contributed by atoms with Crippen molar-refractivity contribution >= 4 is 27.5 Å². The second-order valence-electron chi connectivity index (χ2n) is 5.06. The van der Waals surface area contributed by atoms with Gasteiger partial charge in [0, 0.05) is 9.85 Å². The summed E-state index contributed by atoms with van der Waals surface area (Å²) in [4.78, 5) is 0. The van der Waals surface area contributed by atoms with Crippen molar-refractivity contribution in [3.8, 4) is 5.75 Å². The van der Waals surface area contributed by atoms with Gasteiger partial charge >= 0.3 is 0 Å². The van der Waals surface area contributed by atoms with Crippen molar-refractivity contribution in [2.24, 2.45) is 5.92 Å². The van der Waals surface area contributed by atoms with E-state index < -0.39 is 0 Å². The Kier molecular flexibility index (Phi) is 5.38. The quantitative estimate of drug-likeness (QED) is 0.675. The molecule has 1 aromatic rings. The highest BCUT2D eigenvalue weighted by molar-refractivity contribution is 9.10. The monoisotopic (exact) mass is 330 g/mol. The molecule has 1 atom stereocenters. The Morgan fingerprint density at radius 2 is 2.11 bits per heavy atom. The maximum atomic E-state index is 6.52. The molecule has 0 saturated heterocycles. The summed E-state index contributed by atoms with van der Waals surface area (Å²) in [6.45, 7) is 0. The summed E-state index contributed by atoms with van der Waals surface area (Å²) in [6, 6.07) is 6.16. The molecule has 0 aliphatic heterocycles. The summed E-state index contributed by atoms with van der Waals surface area (Å²) in [5.74, 6) is 1.69. The van der Waals surface area contributed by atoms with Crippen molar-refractivity contribution in [3.05, 3.63) is 28.2 Å². The second-order valence-corrected chi connectivity index (χ2v) is 6.53. The zero-order valence-electron chi connectivity index (χ0n) is 10.8. The molecule has 0 heterocycles. The zero-order chi connectivity index (χ0) is 13.0. The number of rotatable bonds is 5. The minimum atomic E-state index is 0.316. The predicted octanol–water partition coefficient (Wildman–Crippen LogP) is 5.19. The van der Waals surface area contributed by atoms with E-state index in [9.17, 15) is 0 Å². The molecule has 3 heteroatoms. The fourth-order valence-electron chi connectivity index (χ4n) is 2.79. The van der Waals surface area contributed by atoms with Crippen molar-refractivity contribution in [1.29, 1.82) is 0 Å². The van der Waals surface area contributed by atoms with Crippen LogP contribution in [0.25, 0.3) is 0 Å². The third kappa shape index (κ3) is 3.64. The smallest absolute Gasteiger partial charge is 0.122 e. The third-order valence-electron chi connectivity index (χ3n) is 3.84. The summed E-state index contributed by atoms with van der Waals surface area (Å²) in [6.07, 6.45) is 7.36. The molecule has 0 aromatic heterocycles. The Bertz CT molecular complexity index is 388. The molecule has 18 heavy (non-hydrogen) atoms. The first kappa shape index (κ1) is 14.2. The molecule has 0 spiro atoms. The molecule has 1 saturated carbocycles. The van der Waals surface area contributed by atoms with E-state index in [-0.39, 0.29) is 0 Å². The average Bonchev–Trinajstić information content (AvgIpc) is 2.90. The number of hydrogen-bond acceptors (Lipinski definition) is 1. The molecule has 1 fully saturated rings. The lowest BCUT2D eigenvalue weighted by molar-refractivity contribution is 0.407. The lowest BCUT2D eigenvalue weighted by Gasteiger charge is -2.17. The SMILES string of the molecule is COc1ccc(Br)cc1CCC(Cl)C1CCCC1. The van der Waals surface area contributed by atoms with Crippen molar-refractivity contribution < 1.29 is 4.74 Å². The predicted molar refractivity (Wildman–Crippen MR) is 80.6 cm³/mol. The number of benzene rings is 1. The topological polar surface area (TPSA) is 9.23 Å². The van der Waals surface area contributed by atoms with Gasteiger partial charge in [-0.2, -0.15) is 0 Å². The van der Waals surface area contributed by atoms with Crippen molar-refractivity contribution in [2.45, 2.75) is 43.9 Å². The van der Waals surface area contributed by atoms with E-state index in [1.54, 1.807) is 7.11 Å². The van der Waals surface area contributed by atoms with Gasteiger partial charge in [-0.15, -0.1) is 11.6 Å². The van der Waals surface area contributed by atoms with Crippen LogP contribution < -0.4 is 4.74 Å². The van der Waals surface area contributed by atoms with Gasteiger partial charge in [0.05, 0.1) is 7.11 Å². The molecule has 1 nitrogen and oxygen atoms in total. The summed E-state index contributed by atoms with van der Waals surface area (Å²) in [5.41, 5.74) is 1.25. The highest BCUT2D eigenvalue weighted by Crippen LogP contribution is 2.33. The van der Waals surface area contributed by atoms with Gasteiger partial charge < -0.3 is 4.74 Å². The van der Waals surface area contributed by atoms with Crippen LogP contribution in [0.4, 0.5) is 0 Å². The van der Waals surface area contributed by atoms with Gasteiger partial charge in [0.2, 0.25) is 0 Å². The lowest BCUT2D eigenvalue weighted by atomic mass is 9.97. The molecule has 100 valence electrons. The van der Waals surface area contributed by atoms with Crippen LogP contribution in [0.15, 0.2) is 22.7 Å². The summed E-state index contributed by atoms with van der Waals surface area (Å²) in [7, 11) is 1.72. The Hall–Kier alpha value is -0.210.